The molecular weight excluding hydrogens is 252 g/mol. The van der Waals surface area contributed by atoms with Gasteiger partial charge in [0.15, 0.2) is 0 Å². The summed E-state index contributed by atoms with van der Waals surface area (Å²) >= 11 is 0. The third-order valence-corrected chi connectivity index (χ3v) is 2.75. The molecule has 0 aliphatic carbocycles. The van der Waals surface area contributed by atoms with Crippen LogP contribution in [0.4, 0.5) is 11.5 Å². The first kappa shape index (κ1) is 14.9. The van der Waals surface area contributed by atoms with E-state index in [9.17, 15) is 14.9 Å². The molecule has 8 nitrogen and oxygen atoms in total. The third kappa shape index (κ3) is 3.67. The van der Waals surface area contributed by atoms with Crippen LogP contribution < -0.4 is 5.32 Å². The van der Waals surface area contributed by atoms with Gasteiger partial charge in [0.25, 0.3) is 0 Å². The van der Waals surface area contributed by atoms with E-state index in [1.54, 1.807) is 13.8 Å². The minimum Gasteiger partial charge on any atom is -0.481 e. The lowest BCUT2D eigenvalue weighted by Gasteiger charge is -2.14. The fourth-order valence-corrected chi connectivity index (χ4v) is 1.81. The van der Waals surface area contributed by atoms with Gasteiger partial charge in [-0.15, -0.1) is 0 Å². The van der Waals surface area contributed by atoms with E-state index in [0.29, 0.717) is 24.5 Å². The fourth-order valence-electron chi connectivity index (χ4n) is 1.81. The second-order valence-electron chi connectivity index (χ2n) is 4.33. The number of nitrogens with one attached hydrogen (secondary N) is 1. The molecule has 0 bridgehead atoms. The molecule has 1 atom stereocenters. The third-order valence-electron chi connectivity index (χ3n) is 2.75. The molecule has 0 spiro atoms. The molecule has 8 heteroatoms. The lowest BCUT2D eigenvalue weighted by molar-refractivity contribution is -0.384. The van der Waals surface area contributed by atoms with Gasteiger partial charge in [0, 0.05) is 19.0 Å². The van der Waals surface area contributed by atoms with E-state index in [4.69, 9.17) is 5.11 Å². The molecule has 0 saturated carbocycles. The quantitative estimate of drug-likeness (QED) is 0.577. The van der Waals surface area contributed by atoms with Crippen molar-refractivity contribution >= 4 is 17.5 Å². The first-order chi connectivity index (χ1) is 8.86. The monoisotopic (exact) mass is 270 g/mol. The Morgan fingerprint density at radius 2 is 2.26 bits per heavy atom. The van der Waals surface area contributed by atoms with Crippen LogP contribution in [0.5, 0.6) is 0 Å². The molecule has 0 radical (unpaired) electrons. The molecule has 1 aromatic rings. The summed E-state index contributed by atoms with van der Waals surface area (Å²) in [6, 6.07) is -0.184. The molecule has 0 saturated heterocycles. The molecule has 0 fully saturated rings. The first-order valence-electron chi connectivity index (χ1n) is 6.06. The van der Waals surface area contributed by atoms with E-state index in [2.05, 4.69) is 10.4 Å². The molecule has 0 aromatic carbocycles. The molecule has 1 heterocycles. The van der Waals surface area contributed by atoms with Gasteiger partial charge >= 0.3 is 11.7 Å². The van der Waals surface area contributed by atoms with Crippen LogP contribution >= 0.6 is 0 Å². The van der Waals surface area contributed by atoms with Gasteiger partial charge < -0.3 is 10.4 Å². The number of carboxylic acids is 1. The van der Waals surface area contributed by atoms with Gasteiger partial charge in [0.05, 0.1) is 4.92 Å². The Bertz CT molecular complexity index is 483. The number of aromatic nitrogens is 2. The summed E-state index contributed by atoms with van der Waals surface area (Å²) in [6.45, 7) is 5.71. The molecule has 1 rings (SSSR count). The predicted octanol–water partition coefficient (Wildman–Crippen LogP) is 1.78. The fraction of sp³-hybridized carbons (Fsp3) is 0.636. The summed E-state index contributed by atoms with van der Waals surface area (Å²) in [5.74, 6) is -0.550. The molecule has 0 aliphatic heterocycles. The number of anilines is 1. The Hall–Kier alpha value is -2.12. The van der Waals surface area contributed by atoms with Crippen LogP contribution in [0, 0.1) is 17.0 Å². The van der Waals surface area contributed by atoms with Gasteiger partial charge in [-0.1, -0.05) is 0 Å². The second kappa shape index (κ2) is 6.17. The van der Waals surface area contributed by atoms with Crippen LogP contribution in [0.25, 0.3) is 0 Å². The smallest absolute Gasteiger partial charge is 0.333 e. The van der Waals surface area contributed by atoms with E-state index in [1.165, 1.54) is 4.68 Å². The lowest BCUT2D eigenvalue weighted by atomic mass is 10.2. The van der Waals surface area contributed by atoms with Gasteiger partial charge in [-0.25, -0.2) is 4.68 Å². The zero-order valence-corrected chi connectivity index (χ0v) is 11.2. The predicted molar refractivity (Wildman–Crippen MR) is 69.2 cm³/mol. The molecule has 0 amide bonds. The number of aryl methyl sites for hydroxylation is 2. The highest BCUT2D eigenvalue weighted by molar-refractivity contribution is 5.67. The number of nitrogens with zero attached hydrogens (tertiary/aromatic N) is 3. The highest BCUT2D eigenvalue weighted by Gasteiger charge is 2.25. The number of rotatable bonds is 7. The number of carbonyl (C=O) groups is 1. The van der Waals surface area contributed by atoms with Crippen molar-refractivity contribution in [3.05, 3.63) is 15.8 Å². The Labute approximate surface area is 110 Å². The molecule has 0 aliphatic rings. The molecule has 106 valence electrons. The van der Waals surface area contributed by atoms with Crippen molar-refractivity contribution in [3.8, 4) is 0 Å². The van der Waals surface area contributed by atoms with Gasteiger partial charge in [0.1, 0.15) is 5.69 Å². The SMILES string of the molecule is CCn1nc(C)c([N+](=O)[O-])c1NC(C)CCC(=O)O. The number of hydrogen-bond donors (Lipinski definition) is 2. The molecule has 1 aromatic heterocycles. The summed E-state index contributed by atoms with van der Waals surface area (Å²) in [4.78, 5) is 21.1. The number of aliphatic carboxylic acids is 1. The van der Waals surface area contributed by atoms with Crippen LogP contribution in [0.2, 0.25) is 0 Å². The first-order valence-corrected chi connectivity index (χ1v) is 6.06. The van der Waals surface area contributed by atoms with E-state index >= 15 is 0 Å². The van der Waals surface area contributed by atoms with Crippen molar-refractivity contribution in [1.29, 1.82) is 0 Å². The van der Waals surface area contributed by atoms with Gasteiger partial charge in [-0.2, -0.15) is 5.10 Å². The Kier molecular flexibility index (Phi) is 4.85. The lowest BCUT2D eigenvalue weighted by Crippen LogP contribution is -2.19. The number of hydrogen-bond acceptors (Lipinski definition) is 5. The standard InChI is InChI=1S/C11H18N4O4/c1-4-14-11(10(15(18)19)8(3)13-14)12-7(2)5-6-9(16)17/h7,12H,4-6H2,1-3H3,(H,16,17). The normalized spacial score (nSPS) is 12.2. The Morgan fingerprint density at radius 1 is 1.63 bits per heavy atom. The molecule has 19 heavy (non-hydrogen) atoms. The highest BCUT2D eigenvalue weighted by Crippen LogP contribution is 2.29. The molecule has 1 unspecified atom stereocenters. The number of carboxylic acid groups (broad SMARTS) is 1. The Morgan fingerprint density at radius 3 is 2.74 bits per heavy atom. The van der Waals surface area contributed by atoms with E-state index in [-0.39, 0.29) is 18.2 Å². The largest absolute Gasteiger partial charge is 0.481 e. The summed E-state index contributed by atoms with van der Waals surface area (Å²) in [5.41, 5.74) is 0.295. The summed E-state index contributed by atoms with van der Waals surface area (Å²) in [6.07, 6.45) is 0.404. The van der Waals surface area contributed by atoms with Crippen molar-refractivity contribution in [1.82, 2.24) is 9.78 Å². The van der Waals surface area contributed by atoms with E-state index in [0.717, 1.165) is 0 Å². The summed E-state index contributed by atoms with van der Waals surface area (Å²) in [5, 5.41) is 26.7. The maximum Gasteiger partial charge on any atom is 0.333 e. The maximum absolute atomic E-state index is 11.0. The van der Waals surface area contributed by atoms with Crippen LogP contribution in [-0.2, 0) is 11.3 Å². The van der Waals surface area contributed by atoms with Crippen molar-refractivity contribution in [2.75, 3.05) is 5.32 Å². The van der Waals surface area contributed by atoms with Gasteiger partial charge in [-0.3, -0.25) is 14.9 Å². The van der Waals surface area contributed by atoms with Crippen LogP contribution in [0.3, 0.4) is 0 Å². The average Bonchev–Trinajstić information content (AvgIpc) is 2.62. The minimum atomic E-state index is -0.886. The van der Waals surface area contributed by atoms with Crippen LogP contribution in [0.15, 0.2) is 0 Å². The van der Waals surface area contributed by atoms with Crippen LogP contribution in [0.1, 0.15) is 32.4 Å². The number of nitro groups is 1. The van der Waals surface area contributed by atoms with Crippen molar-refractivity contribution in [2.24, 2.45) is 0 Å². The van der Waals surface area contributed by atoms with Crippen molar-refractivity contribution < 1.29 is 14.8 Å². The summed E-state index contributed by atoms with van der Waals surface area (Å²) in [7, 11) is 0. The van der Waals surface area contributed by atoms with Gasteiger partial charge in [0.2, 0.25) is 5.82 Å². The maximum atomic E-state index is 11.0. The van der Waals surface area contributed by atoms with Crippen molar-refractivity contribution in [2.45, 2.75) is 46.2 Å². The average molecular weight is 270 g/mol. The second-order valence-corrected chi connectivity index (χ2v) is 4.33. The highest BCUT2D eigenvalue weighted by atomic mass is 16.6. The summed E-state index contributed by atoms with van der Waals surface area (Å²) < 4.78 is 1.52. The van der Waals surface area contributed by atoms with E-state index < -0.39 is 10.9 Å². The zero-order valence-electron chi connectivity index (χ0n) is 11.2. The van der Waals surface area contributed by atoms with E-state index in [1.807, 2.05) is 6.92 Å². The Balaban J connectivity index is 2.92. The van der Waals surface area contributed by atoms with Crippen LogP contribution in [-0.4, -0.2) is 31.8 Å². The molecular formula is C11H18N4O4. The zero-order chi connectivity index (χ0) is 14.6. The van der Waals surface area contributed by atoms with Gasteiger partial charge in [-0.05, 0) is 27.2 Å². The minimum absolute atomic E-state index is 0.0151. The molecule has 2 N–H and O–H groups in total. The van der Waals surface area contributed by atoms with Crippen molar-refractivity contribution in [3.63, 3.8) is 0 Å². The topological polar surface area (TPSA) is 110 Å².